The first-order chi connectivity index (χ1) is 37.6. The number of rotatable bonds is 29. The van der Waals surface area contributed by atoms with Gasteiger partial charge in [-0.25, -0.2) is 24.3 Å². The Morgan fingerprint density at radius 1 is 0.449 bits per heavy atom. The van der Waals surface area contributed by atoms with Crippen LogP contribution in [0.2, 0.25) is 0 Å². The molecule has 8 rings (SSSR count). The van der Waals surface area contributed by atoms with Gasteiger partial charge >= 0.3 is 23.9 Å². The monoisotopic (exact) mass is 1140 g/mol. The van der Waals surface area contributed by atoms with Crippen molar-refractivity contribution in [2.75, 3.05) is 41.2 Å². The van der Waals surface area contributed by atoms with Crippen molar-refractivity contribution in [1.29, 1.82) is 0 Å². The van der Waals surface area contributed by atoms with E-state index in [1.807, 2.05) is 18.2 Å². The second-order valence-corrected chi connectivity index (χ2v) is 21.6. The third-order valence-electron chi connectivity index (χ3n) is 11.9. The molecule has 0 amide bonds. The summed E-state index contributed by atoms with van der Waals surface area (Å²) in [7, 11) is 4.52. The number of aliphatic carboxylic acids is 2. The van der Waals surface area contributed by atoms with Crippen molar-refractivity contribution in [2.45, 2.75) is 64.2 Å². The molecular weight excluding hydrogens is 1090 g/mol. The van der Waals surface area contributed by atoms with Crippen LogP contribution in [0, 0.1) is 0 Å². The number of Topliss-reactive ketones (excluding diaryl/α,β-unsaturated/α-hetero) is 4. The summed E-state index contributed by atoms with van der Waals surface area (Å²) in [5.74, 6) is -2.50. The highest BCUT2D eigenvalue weighted by Gasteiger charge is 2.22. The average Bonchev–Trinajstić information content (AvgIpc) is 4.26. The van der Waals surface area contributed by atoms with Crippen LogP contribution in [0.3, 0.4) is 0 Å². The van der Waals surface area contributed by atoms with Crippen LogP contribution in [0.1, 0.15) is 102 Å². The molecule has 5 heterocycles. The Bertz CT molecular complexity index is 3610. The normalized spacial score (nSPS) is 11.2. The molecule has 0 spiro atoms. The van der Waals surface area contributed by atoms with E-state index in [4.69, 9.17) is 38.6 Å². The van der Waals surface area contributed by atoms with Gasteiger partial charge in [-0.3, -0.25) is 28.8 Å². The number of hydrogen-bond acceptors (Lipinski definition) is 21. The van der Waals surface area contributed by atoms with Crippen molar-refractivity contribution in [2.24, 2.45) is 0 Å². The molecule has 19 nitrogen and oxygen atoms in total. The SMILES string of the molecule is COc1cc2sc(C(=O)CCC(=O)O)cc2cc1CCCOc1nc2cc(C(=O)CCC(=O)OOC(=O)CCC(=O)c3cc4cc(OCCOc5ccc6sc(C(=O)CCC(=O)O)cc6c5)c(OC)cc4s3)sc2cc1OC. The number of ketones is 4. The Morgan fingerprint density at radius 3 is 1.51 bits per heavy atom. The second kappa shape index (κ2) is 25.9. The molecule has 0 saturated heterocycles. The molecule has 5 aromatic heterocycles. The van der Waals surface area contributed by atoms with Gasteiger partial charge in [-0.05, 0) is 95.2 Å². The molecule has 0 aliphatic carbocycles. The minimum Gasteiger partial charge on any atom is -0.496 e. The summed E-state index contributed by atoms with van der Waals surface area (Å²) in [6.07, 6.45) is -0.732. The minimum atomic E-state index is -1.03. The summed E-state index contributed by atoms with van der Waals surface area (Å²) < 4.78 is 37.7. The molecule has 23 heteroatoms. The molecule has 0 unspecified atom stereocenters. The van der Waals surface area contributed by atoms with Gasteiger partial charge in [0.1, 0.15) is 24.7 Å². The molecule has 0 fully saturated rings. The predicted octanol–water partition coefficient (Wildman–Crippen LogP) is 11.2. The van der Waals surface area contributed by atoms with Crippen molar-refractivity contribution in [1.82, 2.24) is 4.98 Å². The topological polar surface area (TPSA) is 264 Å². The third kappa shape index (κ3) is 14.3. The van der Waals surface area contributed by atoms with Crippen LogP contribution >= 0.6 is 45.3 Å². The Morgan fingerprint density at radius 2 is 0.936 bits per heavy atom. The fourth-order valence-corrected chi connectivity index (χ4v) is 12.0. The summed E-state index contributed by atoms with van der Waals surface area (Å²) in [6, 6.07) is 21.1. The molecule has 406 valence electrons. The summed E-state index contributed by atoms with van der Waals surface area (Å²) in [5.41, 5.74) is 1.38. The number of carboxylic acids is 2. The lowest BCUT2D eigenvalue weighted by Gasteiger charge is -2.12. The number of ether oxygens (including phenoxy) is 6. The van der Waals surface area contributed by atoms with Gasteiger partial charge in [0, 0.05) is 51.9 Å². The first kappa shape index (κ1) is 56.2. The Kier molecular flexibility index (Phi) is 18.7. The van der Waals surface area contributed by atoms with Crippen molar-refractivity contribution < 1.29 is 86.8 Å². The summed E-state index contributed by atoms with van der Waals surface area (Å²) in [4.78, 5) is 114. The molecule has 0 atom stereocenters. The van der Waals surface area contributed by atoms with Crippen LogP contribution in [-0.2, 0) is 35.4 Å². The zero-order chi connectivity index (χ0) is 55.5. The third-order valence-corrected chi connectivity index (χ3v) is 16.4. The number of fused-ring (bicyclic) bond motifs is 4. The van der Waals surface area contributed by atoms with Crippen molar-refractivity contribution in [3.05, 3.63) is 97.9 Å². The van der Waals surface area contributed by atoms with E-state index >= 15 is 0 Å². The Labute approximate surface area is 460 Å². The van der Waals surface area contributed by atoms with E-state index in [1.54, 1.807) is 61.7 Å². The first-order valence-corrected chi connectivity index (χ1v) is 27.4. The zero-order valence-electron chi connectivity index (χ0n) is 42.1. The number of hydrogen-bond donors (Lipinski definition) is 2. The Hall–Kier alpha value is -7.99. The highest BCUT2D eigenvalue weighted by atomic mass is 32.1. The van der Waals surface area contributed by atoms with E-state index in [0.29, 0.717) is 76.7 Å². The largest absolute Gasteiger partial charge is 0.496 e. The quantitative estimate of drug-likeness (QED) is 0.0191. The number of carboxylic acid groups (broad SMARTS) is 2. The molecule has 0 radical (unpaired) electrons. The maximum atomic E-state index is 13.2. The van der Waals surface area contributed by atoms with E-state index < -0.39 is 23.9 Å². The van der Waals surface area contributed by atoms with E-state index in [0.717, 1.165) is 41.8 Å². The molecule has 0 bridgehead atoms. The molecular formula is C55H49NO18S4. The van der Waals surface area contributed by atoms with Crippen molar-refractivity contribution in [3.8, 4) is 34.6 Å². The lowest BCUT2D eigenvalue weighted by Crippen LogP contribution is -2.13. The van der Waals surface area contributed by atoms with Gasteiger partial charge < -0.3 is 38.6 Å². The second-order valence-electron chi connectivity index (χ2n) is 17.3. The van der Waals surface area contributed by atoms with Gasteiger partial charge in [-0.15, -0.1) is 45.3 Å². The molecule has 8 aromatic rings. The van der Waals surface area contributed by atoms with Gasteiger partial charge in [0.2, 0.25) is 0 Å². The van der Waals surface area contributed by atoms with Crippen LogP contribution < -0.4 is 28.4 Å². The number of aryl methyl sites for hydroxylation is 1. The number of nitrogens with zero attached hydrogens (tertiary/aromatic N) is 1. The van der Waals surface area contributed by atoms with Gasteiger partial charge in [-0.2, -0.15) is 0 Å². The Balaban J connectivity index is 0.755. The van der Waals surface area contributed by atoms with E-state index in [2.05, 4.69) is 14.8 Å². The molecule has 0 aliphatic rings. The number of pyridine rings is 1. The summed E-state index contributed by atoms with van der Waals surface area (Å²) in [5, 5.41) is 20.2. The lowest BCUT2D eigenvalue weighted by molar-refractivity contribution is -0.258. The number of carbonyl (C=O) groups excluding carboxylic acids is 6. The van der Waals surface area contributed by atoms with Gasteiger partial charge in [0.15, 0.2) is 40.4 Å². The summed E-state index contributed by atoms with van der Waals surface area (Å²) >= 11 is 4.95. The lowest BCUT2D eigenvalue weighted by atomic mass is 10.1. The smallest absolute Gasteiger partial charge is 0.356 e. The van der Waals surface area contributed by atoms with Crippen molar-refractivity contribution in [3.63, 3.8) is 0 Å². The van der Waals surface area contributed by atoms with Gasteiger partial charge in [0.05, 0.1) is 83.3 Å². The first-order valence-electron chi connectivity index (χ1n) is 24.2. The van der Waals surface area contributed by atoms with E-state index in [9.17, 15) is 38.4 Å². The van der Waals surface area contributed by atoms with Crippen LogP contribution in [0.25, 0.3) is 40.5 Å². The van der Waals surface area contributed by atoms with E-state index in [-0.39, 0.29) is 100 Å². The molecule has 0 saturated carbocycles. The van der Waals surface area contributed by atoms with Crippen LogP contribution in [0.15, 0.2) is 72.8 Å². The number of thiophene rings is 4. The minimum absolute atomic E-state index is 0.0724. The van der Waals surface area contributed by atoms with Crippen LogP contribution in [0.4, 0.5) is 0 Å². The zero-order valence-corrected chi connectivity index (χ0v) is 45.4. The maximum Gasteiger partial charge on any atom is 0.356 e. The van der Waals surface area contributed by atoms with E-state index in [1.165, 1.54) is 48.2 Å². The maximum absolute atomic E-state index is 13.2. The standard InChI is InChI=1S/C55H49NO18S4/c1-67-39-26-44-30(22-48(76-44)36(58)8-13-52(63)64)19-29(39)5-4-16-72-55-42(69-3)28-46-34(56-55)25-50(78-46)38(60)10-15-54(66)74-73-53(65)14-9-37(59)49-24-32-21-41(40(68-2)27-45(32)77-49)71-18-17-70-33-6-11-43-31(20-33)23-47(75-43)35(57)7-12-51(61)62/h6,11,19-28H,4-5,7-10,12-18H2,1-3H3,(H,61,62)(H,63,64). The average molecular weight is 1140 g/mol. The number of methoxy groups -OCH3 is 3. The van der Waals surface area contributed by atoms with Crippen LogP contribution in [0.5, 0.6) is 34.6 Å². The fraction of sp³-hybridized carbons (Fsp3) is 0.291. The number of carbonyl (C=O) groups is 8. The number of benzene rings is 3. The molecule has 3 aromatic carbocycles. The molecule has 0 aliphatic heterocycles. The van der Waals surface area contributed by atoms with Gasteiger partial charge in [0.25, 0.3) is 5.88 Å². The summed E-state index contributed by atoms with van der Waals surface area (Å²) in [6.45, 7) is 0.573. The predicted molar refractivity (Wildman–Crippen MR) is 291 cm³/mol. The van der Waals surface area contributed by atoms with Crippen molar-refractivity contribution >= 4 is 133 Å². The van der Waals surface area contributed by atoms with Crippen LogP contribution in [-0.4, -0.2) is 103 Å². The molecule has 2 N–H and O–H groups in total. The number of aromatic nitrogens is 1. The fourth-order valence-electron chi connectivity index (χ4n) is 7.95. The highest BCUT2D eigenvalue weighted by Crippen LogP contribution is 2.39. The molecule has 78 heavy (non-hydrogen) atoms. The van der Waals surface area contributed by atoms with Gasteiger partial charge in [-0.1, -0.05) is 0 Å². The highest BCUT2D eigenvalue weighted by molar-refractivity contribution is 7.22.